The van der Waals surface area contributed by atoms with E-state index in [0.29, 0.717) is 11.3 Å². The fourth-order valence-corrected chi connectivity index (χ4v) is 4.40. The number of esters is 1. The van der Waals surface area contributed by atoms with E-state index in [1.165, 1.54) is 29.5 Å². The molecule has 0 atom stereocenters. The van der Waals surface area contributed by atoms with Crippen molar-refractivity contribution in [2.24, 2.45) is 0 Å². The minimum absolute atomic E-state index is 0.00124. The lowest BCUT2D eigenvalue weighted by molar-refractivity contribution is 0.0466. The van der Waals surface area contributed by atoms with Gasteiger partial charge in [-0.25, -0.2) is 9.78 Å². The maximum atomic E-state index is 12.7. The first kappa shape index (κ1) is 20.0. The molecular weight excluding hydrogens is 398 g/mol. The van der Waals surface area contributed by atoms with Crippen molar-refractivity contribution in [3.05, 3.63) is 75.2 Å². The van der Waals surface area contributed by atoms with Gasteiger partial charge in [0.05, 0.1) is 10.7 Å². The Morgan fingerprint density at radius 3 is 2.57 bits per heavy atom. The SMILES string of the molecule is Cc1ccc(C)c(S(=O)(=O)Oc2ccccc2C(=O)OCc2csc(C)n2)c1. The average Bonchev–Trinajstić information content (AvgIpc) is 3.07. The van der Waals surface area contributed by atoms with Crippen LogP contribution in [0.1, 0.15) is 32.2 Å². The van der Waals surface area contributed by atoms with E-state index in [-0.39, 0.29) is 22.8 Å². The molecule has 3 aromatic rings. The Bertz CT molecular complexity index is 1120. The van der Waals surface area contributed by atoms with Crippen LogP contribution in [-0.4, -0.2) is 19.4 Å². The van der Waals surface area contributed by atoms with Gasteiger partial charge in [0.25, 0.3) is 0 Å². The summed E-state index contributed by atoms with van der Waals surface area (Å²) in [6.07, 6.45) is 0. The number of carbonyl (C=O) groups is 1. The predicted molar refractivity (Wildman–Crippen MR) is 106 cm³/mol. The zero-order valence-corrected chi connectivity index (χ0v) is 17.3. The fraction of sp³-hybridized carbons (Fsp3) is 0.200. The van der Waals surface area contributed by atoms with Gasteiger partial charge < -0.3 is 8.92 Å². The van der Waals surface area contributed by atoms with Gasteiger partial charge in [-0.1, -0.05) is 24.3 Å². The molecule has 3 rings (SSSR count). The van der Waals surface area contributed by atoms with E-state index in [0.717, 1.165) is 10.6 Å². The number of carbonyl (C=O) groups excluding carboxylic acids is 1. The molecule has 0 saturated carbocycles. The molecule has 1 aromatic heterocycles. The summed E-state index contributed by atoms with van der Waals surface area (Å²) in [4.78, 5) is 16.8. The van der Waals surface area contributed by atoms with E-state index in [2.05, 4.69) is 4.98 Å². The van der Waals surface area contributed by atoms with Gasteiger partial charge in [-0.15, -0.1) is 11.3 Å². The highest BCUT2D eigenvalue weighted by Gasteiger charge is 2.23. The molecule has 0 N–H and O–H groups in total. The van der Waals surface area contributed by atoms with Gasteiger partial charge in [-0.05, 0) is 50.1 Å². The van der Waals surface area contributed by atoms with Crippen LogP contribution in [0.3, 0.4) is 0 Å². The molecule has 0 bridgehead atoms. The van der Waals surface area contributed by atoms with Crippen LogP contribution in [0.25, 0.3) is 0 Å². The van der Waals surface area contributed by atoms with Crippen molar-refractivity contribution < 1.29 is 22.1 Å². The first-order chi connectivity index (χ1) is 13.3. The molecule has 0 aliphatic heterocycles. The number of benzene rings is 2. The molecule has 0 spiro atoms. The molecule has 0 saturated heterocycles. The standard InChI is InChI=1S/C20H19NO5S2/c1-13-8-9-14(2)19(10-13)28(23,24)26-18-7-5-4-6-17(18)20(22)25-11-16-12-27-15(3)21-16/h4-10,12H,11H2,1-3H3. The molecule has 8 heteroatoms. The van der Waals surface area contributed by atoms with E-state index in [9.17, 15) is 13.2 Å². The van der Waals surface area contributed by atoms with Crippen molar-refractivity contribution in [3.8, 4) is 5.75 Å². The molecule has 0 aliphatic carbocycles. The van der Waals surface area contributed by atoms with Crippen molar-refractivity contribution in [1.29, 1.82) is 0 Å². The summed E-state index contributed by atoms with van der Waals surface area (Å²) >= 11 is 1.46. The van der Waals surface area contributed by atoms with Gasteiger partial charge >= 0.3 is 16.1 Å². The zero-order valence-electron chi connectivity index (χ0n) is 15.6. The maximum absolute atomic E-state index is 12.7. The Balaban J connectivity index is 1.83. The number of aryl methyl sites for hydroxylation is 3. The minimum Gasteiger partial charge on any atom is -0.455 e. The molecule has 6 nitrogen and oxygen atoms in total. The molecular formula is C20H19NO5S2. The maximum Gasteiger partial charge on any atom is 0.342 e. The van der Waals surface area contributed by atoms with E-state index >= 15 is 0 Å². The van der Waals surface area contributed by atoms with Gasteiger partial charge in [0, 0.05) is 5.38 Å². The third-order valence-corrected chi connectivity index (χ3v) is 6.14. The molecule has 0 radical (unpaired) electrons. The molecule has 0 unspecified atom stereocenters. The van der Waals surface area contributed by atoms with Crippen molar-refractivity contribution in [3.63, 3.8) is 0 Å². The molecule has 2 aromatic carbocycles. The van der Waals surface area contributed by atoms with Crippen LogP contribution >= 0.6 is 11.3 Å². The lowest BCUT2D eigenvalue weighted by Crippen LogP contribution is -2.15. The van der Waals surface area contributed by atoms with E-state index in [1.807, 2.05) is 13.0 Å². The van der Waals surface area contributed by atoms with E-state index < -0.39 is 16.1 Å². The highest BCUT2D eigenvalue weighted by Crippen LogP contribution is 2.26. The van der Waals surface area contributed by atoms with Gasteiger partial charge in [0.2, 0.25) is 0 Å². The highest BCUT2D eigenvalue weighted by molar-refractivity contribution is 7.87. The summed E-state index contributed by atoms with van der Waals surface area (Å²) in [6, 6.07) is 11.2. The molecule has 28 heavy (non-hydrogen) atoms. The minimum atomic E-state index is -4.10. The number of hydrogen-bond donors (Lipinski definition) is 0. The summed E-state index contributed by atoms with van der Waals surface area (Å²) in [7, 11) is -4.10. The second kappa shape index (κ2) is 8.12. The average molecular weight is 418 g/mol. The Morgan fingerprint density at radius 2 is 1.86 bits per heavy atom. The summed E-state index contributed by atoms with van der Waals surface area (Å²) in [6.45, 7) is 5.34. The summed E-state index contributed by atoms with van der Waals surface area (Å²) < 4.78 is 36.0. The van der Waals surface area contributed by atoms with Gasteiger partial charge in [0.15, 0.2) is 5.75 Å². The first-order valence-corrected chi connectivity index (χ1v) is 10.7. The highest BCUT2D eigenvalue weighted by atomic mass is 32.2. The van der Waals surface area contributed by atoms with Crippen molar-refractivity contribution in [2.75, 3.05) is 0 Å². The van der Waals surface area contributed by atoms with E-state index in [1.54, 1.807) is 37.4 Å². The van der Waals surface area contributed by atoms with Gasteiger partial charge in [-0.2, -0.15) is 8.42 Å². The Labute approximate surface area is 167 Å². The largest absolute Gasteiger partial charge is 0.455 e. The quantitative estimate of drug-likeness (QED) is 0.442. The van der Waals surface area contributed by atoms with Crippen molar-refractivity contribution >= 4 is 27.4 Å². The van der Waals surface area contributed by atoms with Crippen LogP contribution in [0.4, 0.5) is 0 Å². The number of thiazole rings is 1. The fourth-order valence-electron chi connectivity index (χ4n) is 2.54. The van der Waals surface area contributed by atoms with Gasteiger partial charge in [-0.3, -0.25) is 0 Å². The number of ether oxygens (including phenoxy) is 1. The lowest BCUT2D eigenvalue weighted by Gasteiger charge is -2.13. The van der Waals surface area contributed by atoms with Crippen LogP contribution < -0.4 is 4.18 Å². The smallest absolute Gasteiger partial charge is 0.342 e. The summed E-state index contributed by atoms with van der Waals surface area (Å²) in [5.74, 6) is -0.764. The zero-order chi connectivity index (χ0) is 20.3. The summed E-state index contributed by atoms with van der Waals surface area (Å²) in [5, 5.41) is 2.67. The van der Waals surface area contributed by atoms with Crippen LogP contribution in [-0.2, 0) is 21.5 Å². The number of nitrogens with zero attached hydrogens (tertiary/aromatic N) is 1. The third kappa shape index (κ3) is 4.58. The van der Waals surface area contributed by atoms with Crippen LogP contribution in [0.15, 0.2) is 52.7 Å². The molecule has 0 amide bonds. The van der Waals surface area contributed by atoms with Crippen LogP contribution in [0.2, 0.25) is 0 Å². The molecule has 0 aliphatic rings. The van der Waals surface area contributed by atoms with Crippen molar-refractivity contribution in [2.45, 2.75) is 32.3 Å². The Kier molecular flexibility index (Phi) is 5.81. The normalized spacial score (nSPS) is 11.2. The van der Waals surface area contributed by atoms with Crippen LogP contribution in [0, 0.1) is 20.8 Å². The molecule has 0 fully saturated rings. The summed E-state index contributed by atoms with van der Waals surface area (Å²) in [5.41, 5.74) is 2.02. The predicted octanol–water partition coefficient (Wildman–Crippen LogP) is 4.19. The van der Waals surface area contributed by atoms with Crippen molar-refractivity contribution in [1.82, 2.24) is 4.98 Å². The van der Waals surface area contributed by atoms with Crippen LogP contribution in [0.5, 0.6) is 5.75 Å². The Morgan fingerprint density at radius 1 is 1.11 bits per heavy atom. The second-order valence-electron chi connectivity index (χ2n) is 6.24. The topological polar surface area (TPSA) is 82.6 Å². The van der Waals surface area contributed by atoms with E-state index in [4.69, 9.17) is 8.92 Å². The third-order valence-electron chi connectivity index (χ3n) is 3.94. The first-order valence-electron chi connectivity index (χ1n) is 8.45. The number of aromatic nitrogens is 1. The second-order valence-corrected chi connectivity index (χ2v) is 8.81. The number of rotatable bonds is 6. The molecule has 1 heterocycles. The Hall–Kier alpha value is -2.71. The number of para-hydroxylation sites is 1. The number of hydrogen-bond acceptors (Lipinski definition) is 7. The van der Waals surface area contributed by atoms with Gasteiger partial charge in [0.1, 0.15) is 17.1 Å². The lowest BCUT2D eigenvalue weighted by atomic mass is 10.2. The monoisotopic (exact) mass is 417 g/mol. The molecule has 146 valence electrons.